The summed E-state index contributed by atoms with van der Waals surface area (Å²) in [6.07, 6.45) is 0. The predicted octanol–water partition coefficient (Wildman–Crippen LogP) is 4.98. The molecular formula is C22H17F2NO3S. The van der Waals surface area contributed by atoms with Crippen LogP contribution in [0, 0.1) is 11.6 Å². The molecule has 0 fully saturated rings. The number of carbonyl (C=O) groups is 2. The normalized spacial score (nSPS) is 11.5. The van der Waals surface area contributed by atoms with Crippen LogP contribution in [-0.4, -0.2) is 18.5 Å². The van der Waals surface area contributed by atoms with E-state index in [-0.39, 0.29) is 5.69 Å². The van der Waals surface area contributed by atoms with Crippen LogP contribution in [0.1, 0.15) is 10.8 Å². The summed E-state index contributed by atoms with van der Waals surface area (Å²) in [4.78, 5) is 25.5. The van der Waals surface area contributed by atoms with Crippen molar-refractivity contribution in [3.8, 4) is 0 Å². The lowest BCUT2D eigenvalue weighted by Gasteiger charge is -2.16. The molecule has 0 aliphatic heterocycles. The standard InChI is InChI=1S/C22H17F2NO3S/c23-16-11-12-18(24)19(13-16)25-20(26)14-28-22(27)21(15-7-3-1-4-8-15)29-17-9-5-2-6-10-17/h1-13,21H,14H2,(H,25,26)/t21-/m1/s1. The summed E-state index contributed by atoms with van der Waals surface area (Å²) in [7, 11) is 0. The van der Waals surface area contributed by atoms with Crippen molar-refractivity contribution in [3.63, 3.8) is 0 Å². The van der Waals surface area contributed by atoms with Gasteiger partial charge in [0.1, 0.15) is 16.9 Å². The first-order chi connectivity index (χ1) is 14.0. The summed E-state index contributed by atoms with van der Waals surface area (Å²) in [5.41, 5.74) is 0.409. The molecule has 0 unspecified atom stereocenters. The third-order valence-electron chi connectivity index (χ3n) is 3.86. The molecule has 0 saturated carbocycles. The van der Waals surface area contributed by atoms with Crippen LogP contribution in [0.3, 0.4) is 0 Å². The molecule has 7 heteroatoms. The molecule has 0 radical (unpaired) electrons. The Morgan fingerprint density at radius 2 is 1.59 bits per heavy atom. The molecule has 1 amide bonds. The van der Waals surface area contributed by atoms with Crippen molar-refractivity contribution in [1.82, 2.24) is 0 Å². The van der Waals surface area contributed by atoms with Crippen molar-refractivity contribution in [1.29, 1.82) is 0 Å². The topological polar surface area (TPSA) is 55.4 Å². The minimum absolute atomic E-state index is 0.315. The van der Waals surface area contributed by atoms with Crippen molar-refractivity contribution in [2.24, 2.45) is 0 Å². The Balaban J connectivity index is 1.66. The van der Waals surface area contributed by atoms with Crippen LogP contribution < -0.4 is 5.32 Å². The molecule has 0 heterocycles. The van der Waals surface area contributed by atoms with Gasteiger partial charge in [0.05, 0.1) is 5.69 Å². The molecule has 3 aromatic rings. The molecule has 0 saturated heterocycles. The second-order valence-electron chi connectivity index (χ2n) is 6.00. The van der Waals surface area contributed by atoms with E-state index in [4.69, 9.17) is 4.74 Å². The van der Waals surface area contributed by atoms with Crippen molar-refractivity contribution in [3.05, 3.63) is 96.1 Å². The first-order valence-electron chi connectivity index (χ1n) is 8.71. The van der Waals surface area contributed by atoms with Crippen LogP contribution in [0.2, 0.25) is 0 Å². The highest BCUT2D eigenvalue weighted by Gasteiger charge is 2.24. The number of rotatable bonds is 7. The van der Waals surface area contributed by atoms with Gasteiger partial charge in [0.15, 0.2) is 6.61 Å². The molecule has 1 N–H and O–H groups in total. The minimum atomic E-state index is -0.784. The van der Waals surface area contributed by atoms with Gasteiger partial charge in [-0.3, -0.25) is 9.59 Å². The van der Waals surface area contributed by atoms with E-state index in [9.17, 15) is 18.4 Å². The molecule has 1 atom stereocenters. The summed E-state index contributed by atoms with van der Waals surface area (Å²) in [6, 6.07) is 21.1. The van der Waals surface area contributed by atoms with Gasteiger partial charge in [-0.15, -0.1) is 11.8 Å². The second kappa shape index (κ2) is 9.84. The van der Waals surface area contributed by atoms with Crippen molar-refractivity contribution >= 4 is 29.3 Å². The maximum Gasteiger partial charge on any atom is 0.324 e. The quantitative estimate of drug-likeness (QED) is 0.438. The molecule has 0 aromatic heterocycles. The smallest absolute Gasteiger partial charge is 0.324 e. The maximum absolute atomic E-state index is 13.6. The maximum atomic E-state index is 13.6. The van der Waals surface area contributed by atoms with Crippen molar-refractivity contribution < 1.29 is 23.1 Å². The van der Waals surface area contributed by atoms with Crippen molar-refractivity contribution in [2.75, 3.05) is 11.9 Å². The highest BCUT2D eigenvalue weighted by Crippen LogP contribution is 2.36. The zero-order valence-corrected chi connectivity index (χ0v) is 16.0. The van der Waals surface area contributed by atoms with E-state index in [0.717, 1.165) is 28.7 Å². The van der Waals surface area contributed by atoms with E-state index in [2.05, 4.69) is 5.32 Å². The SMILES string of the molecule is O=C(COC(=O)[C@H](Sc1ccccc1)c1ccccc1)Nc1cc(F)ccc1F. The largest absolute Gasteiger partial charge is 0.454 e. The third kappa shape index (κ3) is 5.89. The van der Waals surface area contributed by atoms with Gasteiger partial charge < -0.3 is 10.1 Å². The zero-order chi connectivity index (χ0) is 20.6. The number of carbonyl (C=O) groups excluding carboxylic acids is 2. The van der Waals surface area contributed by atoms with Gasteiger partial charge >= 0.3 is 5.97 Å². The Labute approximate surface area is 170 Å². The monoisotopic (exact) mass is 413 g/mol. The summed E-state index contributed by atoms with van der Waals surface area (Å²) in [6.45, 7) is -0.618. The molecule has 4 nitrogen and oxygen atoms in total. The lowest BCUT2D eigenvalue weighted by molar-refractivity contribution is -0.146. The Morgan fingerprint density at radius 3 is 2.28 bits per heavy atom. The predicted molar refractivity (Wildman–Crippen MR) is 107 cm³/mol. The first-order valence-corrected chi connectivity index (χ1v) is 9.59. The van der Waals surface area contributed by atoms with E-state index >= 15 is 0 Å². The van der Waals surface area contributed by atoms with E-state index in [0.29, 0.717) is 0 Å². The van der Waals surface area contributed by atoms with Gasteiger partial charge in [0.25, 0.3) is 5.91 Å². The first kappa shape index (κ1) is 20.5. The van der Waals surface area contributed by atoms with E-state index in [1.54, 1.807) is 24.3 Å². The number of halogens is 2. The number of hydrogen-bond donors (Lipinski definition) is 1. The van der Waals surface area contributed by atoms with Crippen LogP contribution in [0.5, 0.6) is 0 Å². The number of esters is 1. The molecule has 148 valence electrons. The van der Waals surface area contributed by atoms with Gasteiger partial charge in [-0.25, -0.2) is 8.78 Å². The number of amides is 1. The summed E-state index contributed by atoms with van der Waals surface area (Å²) in [5, 5.41) is 1.51. The highest BCUT2D eigenvalue weighted by molar-refractivity contribution is 8.00. The van der Waals surface area contributed by atoms with Crippen LogP contribution in [-0.2, 0) is 14.3 Å². The number of anilines is 1. The van der Waals surface area contributed by atoms with Gasteiger partial charge in [-0.2, -0.15) is 0 Å². The Kier molecular flexibility index (Phi) is 6.97. The fourth-order valence-corrected chi connectivity index (χ4v) is 3.55. The summed E-state index contributed by atoms with van der Waals surface area (Å²) in [5.74, 6) is -2.85. The average molecular weight is 413 g/mol. The number of thioether (sulfide) groups is 1. The molecule has 0 bridgehead atoms. The van der Waals surface area contributed by atoms with Crippen LogP contribution >= 0.6 is 11.8 Å². The molecule has 3 aromatic carbocycles. The molecular weight excluding hydrogens is 396 g/mol. The molecule has 29 heavy (non-hydrogen) atoms. The minimum Gasteiger partial charge on any atom is -0.454 e. The van der Waals surface area contributed by atoms with Gasteiger partial charge in [-0.05, 0) is 29.8 Å². The van der Waals surface area contributed by atoms with Gasteiger partial charge in [0.2, 0.25) is 0 Å². The fourth-order valence-electron chi connectivity index (χ4n) is 2.51. The highest BCUT2D eigenvalue weighted by atomic mass is 32.2. The van der Waals surface area contributed by atoms with Gasteiger partial charge in [-0.1, -0.05) is 48.5 Å². The number of hydrogen-bond acceptors (Lipinski definition) is 4. The Hall–Kier alpha value is -3.19. The fraction of sp³-hybridized carbons (Fsp3) is 0.0909. The van der Waals surface area contributed by atoms with Gasteiger partial charge in [0, 0.05) is 11.0 Å². The third-order valence-corrected chi connectivity index (χ3v) is 5.11. The second-order valence-corrected chi connectivity index (χ2v) is 7.18. The molecule has 0 spiro atoms. The Morgan fingerprint density at radius 1 is 0.931 bits per heavy atom. The molecule has 0 aliphatic rings. The zero-order valence-electron chi connectivity index (χ0n) is 15.2. The lowest BCUT2D eigenvalue weighted by Crippen LogP contribution is -2.23. The summed E-state index contributed by atoms with van der Waals surface area (Å²) < 4.78 is 32.0. The van der Waals surface area contributed by atoms with Crippen LogP contribution in [0.25, 0.3) is 0 Å². The Bertz CT molecular complexity index is 984. The number of benzene rings is 3. The summed E-state index contributed by atoms with van der Waals surface area (Å²) >= 11 is 1.29. The van der Waals surface area contributed by atoms with E-state index < -0.39 is 35.4 Å². The van der Waals surface area contributed by atoms with E-state index in [1.165, 1.54) is 11.8 Å². The van der Waals surface area contributed by atoms with Crippen molar-refractivity contribution in [2.45, 2.75) is 10.1 Å². The molecule has 0 aliphatic carbocycles. The van der Waals surface area contributed by atoms with Crippen LogP contribution in [0.15, 0.2) is 83.8 Å². The van der Waals surface area contributed by atoms with Crippen LogP contribution in [0.4, 0.5) is 14.5 Å². The number of nitrogens with one attached hydrogen (secondary N) is 1. The average Bonchev–Trinajstić information content (AvgIpc) is 2.74. The van der Waals surface area contributed by atoms with E-state index in [1.807, 2.05) is 36.4 Å². The molecule has 3 rings (SSSR count). The number of ether oxygens (including phenoxy) is 1. The lowest BCUT2D eigenvalue weighted by atomic mass is 10.1.